The molecule has 2 rings (SSSR count). The number of nitrogens with one attached hydrogen (secondary N) is 1. The first-order chi connectivity index (χ1) is 12.1. The van der Waals surface area contributed by atoms with E-state index in [1.807, 2.05) is 31.2 Å². The van der Waals surface area contributed by atoms with Gasteiger partial charge in [0.1, 0.15) is 16.4 Å². The molecule has 1 amide bonds. The Morgan fingerprint density at radius 1 is 1.08 bits per heavy atom. The van der Waals surface area contributed by atoms with Crippen LogP contribution in [0.15, 0.2) is 36.4 Å². The highest BCUT2D eigenvalue weighted by Crippen LogP contribution is 2.18. The third-order valence-electron chi connectivity index (χ3n) is 3.28. The SMILES string of the molecule is CCOc1ccc(OCCCC(=O)NCc2ccc(C(=O)O)s2)cc1. The molecule has 0 aliphatic heterocycles. The Balaban J connectivity index is 1.62. The number of benzene rings is 1. The van der Waals surface area contributed by atoms with Crippen LogP contribution < -0.4 is 14.8 Å². The molecule has 7 heteroatoms. The van der Waals surface area contributed by atoms with Crippen LogP contribution in [-0.4, -0.2) is 30.2 Å². The minimum absolute atomic E-state index is 0.0828. The van der Waals surface area contributed by atoms with E-state index in [1.165, 1.54) is 0 Å². The fourth-order valence-corrected chi connectivity index (χ4v) is 2.87. The summed E-state index contributed by atoms with van der Waals surface area (Å²) in [6.45, 7) is 3.34. The van der Waals surface area contributed by atoms with Crippen LogP contribution in [0.2, 0.25) is 0 Å². The van der Waals surface area contributed by atoms with Crippen LogP contribution in [0.4, 0.5) is 0 Å². The van der Waals surface area contributed by atoms with Crippen LogP contribution in [0.3, 0.4) is 0 Å². The molecule has 0 fully saturated rings. The van der Waals surface area contributed by atoms with E-state index >= 15 is 0 Å². The Morgan fingerprint density at radius 2 is 1.76 bits per heavy atom. The van der Waals surface area contributed by atoms with E-state index in [2.05, 4.69) is 5.32 Å². The normalized spacial score (nSPS) is 10.3. The van der Waals surface area contributed by atoms with Crippen molar-refractivity contribution in [3.05, 3.63) is 46.2 Å². The Hall–Kier alpha value is -2.54. The van der Waals surface area contributed by atoms with E-state index in [0.717, 1.165) is 27.7 Å². The van der Waals surface area contributed by atoms with Gasteiger partial charge >= 0.3 is 5.97 Å². The maximum Gasteiger partial charge on any atom is 0.345 e. The van der Waals surface area contributed by atoms with E-state index in [0.29, 0.717) is 32.6 Å². The van der Waals surface area contributed by atoms with Gasteiger partial charge in [-0.3, -0.25) is 4.79 Å². The summed E-state index contributed by atoms with van der Waals surface area (Å²) >= 11 is 1.16. The maximum absolute atomic E-state index is 11.8. The molecule has 0 saturated heterocycles. The summed E-state index contributed by atoms with van der Waals surface area (Å²) in [4.78, 5) is 23.7. The van der Waals surface area contributed by atoms with Crippen LogP contribution in [0.5, 0.6) is 11.5 Å². The Labute approximate surface area is 150 Å². The zero-order valence-corrected chi connectivity index (χ0v) is 14.8. The fraction of sp³-hybridized carbons (Fsp3) is 0.333. The molecule has 134 valence electrons. The fourth-order valence-electron chi connectivity index (χ4n) is 2.08. The summed E-state index contributed by atoms with van der Waals surface area (Å²) in [6, 6.07) is 10.6. The van der Waals surface area contributed by atoms with Gasteiger partial charge in [-0.15, -0.1) is 11.3 Å². The first kappa shape index (κ1) is 18.8. The van der Waals surface area contributed by atoms with Crippen molar-refractivity contribution in [3.8, 4) is 11.5 Å². The van der Waals surface area contributed by atoms with Crippen molar-refractivity contribution in [1.29, 1.82) is 0 Å². The molecule has 2 aromatic rings. The Kier molecular flexibility index (Phi) is 7.28. The van der Waals surface area contributed by atoms with Crippen molar-refractivity contribution in [3.63, 3.8) is 0 Å². The average Bonchev–Trinajstić information content (AvgIpc) is 3.08. The zero-order chi connectivity index (χ0) is 18.1. The number of carbonyl (C=O) groups excluding carboxylic acids is 1. The second-order valence-electron chi connectivity index (χ2n) is 5.20. The van der Waals surface area contributed by atoms with Gasteiger partial charge in [0.05, 0.1) is 19.8 Å². The van der Waals surface area contributed by atoms with Gasteiger partial charge in [0.2, 0.25) is 5.91 Å². The Bertz CT molecular complexity index is 696. The van der Waals surface area contributed by atoms with E-state index in [-0.39, 0.29) is 10.8 Å². The molecule has 0 radical (unpaired) electrons. The first-order valence-electron chi connectivity index (χ1n) is 8.03. The van der Waals surface area contributed by atoms with Gasteiger partial charge in [0, 0.05) is 11.3 Å². The highest BCUT2D eigenvalue weighted by atomic mass is 32.1. The lowest BCUT2D eigenvalue weighted by Gasteiger charge is -2.08. The van der Waals surface area contributed by atoms with E-state index in [9.17, 15) is 9.59 Å². The van der Waals surface area contributed by atoms with Crippen molar-refractivity contribution in [1.82, 2.24) is 5.32 Å². The molecule has 0 unspecified atom stereocenters. The third kappa shape index (κ3) is 6.46. The number of aromatic carboxylic acids is 1. The predicted molar refractivity (Wildman–Crippen MR) is 95.5 cm³/mol. The standard InChI is InChI=1S/C18H21NO5S/c1-2-23-13-5-7-14(8-6-13)24-11-3-4-17(20)19-12-15-9-10-16(25-15)18(21)22/h5-10H,2-4,11-12H2,1H3,(H,19,20)(H,21,22). The van der Waals surface area contributed by atoms with Crippen LogP contribution in [0.25, 0.3) is 0 Å². The van der Waals surface area contributed by atoms with E-state index in [4.69, 9.17) is 14.6 Å². The molecule has 6 nitrogen and oxygen atoms in total. The van der Waals surface area contributed by atoms with Crippen molar-refractivity contribution in [2.45, 2.75) is 26.3 Å². The molecule has 0 aliphatic carbocycles. The molecule has 1 aromatic carbocycles. The summed E-state index contributed by atoms with van der Waals surface area (Å²) in [5, 5.41) is 11.6. The van der Waals surface area contributed by atoms with Crippen LogP contribution in [-0.2, 0) is 11.3 Å². The smallest absolute Gasteiger partial charge is 0.345 e. The number of rotatable bonds is 10. The molecule has 0 spiro atoms. The minimum atomic E-state index is -0.950. The number of carboxylic acid groups (broad SMARTS) is 1. The number of carbonyl (C=O) groups is 2. The second kappa shape index (κ2) is 9.68. The molecule has 0 bridgehead atoms. The molecular formula is C18H21NO5S. The Morgan fingerprint density at radius 3 is 2.36 bits per heavy atom. The highest BCUT2D eigenvalue weighted by molar-refractivity contribution is 7.13. The molecular weight excluding hydrogens is 342 g/mol. The number of hydrogen-bond donors (Lipinski definition) is 2. The molecule has 1 aromatic heterocycles. The van der Waals surface area contributed by atoms with Crippen molar-refractivity contribution in [2.75, 3.05) is 13.2 Å². The summed E-state index contributed by atoms with van der Waals surface area (Å²) in [5.41, 5.74) is 0. The number of amides is 1. The van der Waals surface area contributed by atoms with Gasteiger partial charge in [-0.1, -0.05) is 0 Å². The second-order valence-corrected chi connectivity index (χ2v) is 6.37. The van der Waals surface area contributed by atoms with Crippen molar-refractivity contribution >= 4 is 23.2 Å². The first-order valence-corrected chi connectivity index (χ1v) is 8.84. The molecule has 2 N–H and O–H groups in total. The van der Waals surface area contributed by atoms with Crippen LogP contribution in [0, 0.1) is 0 Å². The topological polar surface area (TPSA) is 84.9 Å². The minimum Gasteiger partial charge on any atom is -0.494 e. The van der Waals surface area contributed by atoms with E-state index in [1.54, 1.807) is 12.1 Å². The monoisotopic (exact) mass is 363 g/mol. The number of thiophene rings is 1. The molecule has 0 atom stereocenters. The maximum atomic E-state index is 11.8. The summed E-state index contributed by atoms with van der Waals surface area (Å²) in [5.74, 6) is 0.507. The van der Waals surface area contributed by atoms with Crippen LogP contribution >= 0.6 is 11.3 Å². The van der Waals surface area contributed by atoms with E-state index < -0.39 is 5.97 Å². The summed E-state index contributed by atoms with van der Waals surface area (Å²) < 4.78 is 10.9. The quantitative estimate of drug-likeness (QED) is 0.633. The van der Waals surface area contributed by atoms with Gasteiger partial charge in [-0.05, 0) is 49.7 Å². The zero-order valence-electron chi connectivity index (χ0n) is 14.0. The number of hydrogen-bond acceptors (Lipinski definition) is 5. The molecule has 25 heavy (non-hydrogen) atoms. The average molecular weight is 363 g/mol. The number of carboxylic acids is 1. The third-order valence-corrected chi connectivity index (χ3v) is 4.36. The lowest BCUT2D eigenvalue weighted by molar-refractivity contribution is -0.121. The van der Waals surface area contributed by atoms with Gasteiger partial charge in [-0.25, -0.2) is 4.79 Å². The molecule has 0 saturated carbocycles. The van der Waals surface area contributed by atoms with Crippen LogP contribution in [0.1, 0.15) is 34.3 Å². The van der Waals surface area contributed by atoms with Gasteiger partial charge in [0.15, 0.2) is 0 Å². The lowest BCUT2D eigenvalue weighted by atomic mass is 10.3. The van der Waals surface area contributed by atoms with Crippen molar-refractivity contribution in [2.24, 2.45) is 0 Å². The predicted octanol–water partition coefficient (Wildman–Crippen LogP) is 3.32. The van der Waals surface area contributed by atoms with Gasteiger partial charge < -0.3 is 19.9 Å². The van der Waals surface area contributed by atoms with Gasteiger partial charge in [0.25, 0.3) is 0 Å². The summed E-state index contributed by atoms with van der Waals surface area (Å²) in [6.07, 6.45) is 0.956. The van der Waals surface area contributed by atoms with Gasteiger partial charge in [-0.2, -0.15) is 0 Å². The molecule has 0 aliphatic rings. The largest absolute Gasteiger partial charge is 0.494 e. The highest BCUT2D eigenvalue weighted by Gasteiger charge is 2.08. The lowest BCUT2D eigenvalue weighted by Crippen LogP contribution is -2.22. The van der Waals surface area contributed by atoms with Crippen molar-refractivity contribution < 1.29 is 24.2 Å². The summed E-state index contributed by atoms with van der Waals surface area (Å²) in [7, 11) is 0. The molecule has 1 heterocycles. The number of ether oxygens (including phenoxy) is 2.